The lowest BCUT2D eigenvalue weighted by molar-refractivity contribution is 0.151. The van der Waals surface area contributed by atoms with E-state index in [1.165, 1.54) is 0 Å². The number of halogens is 2. The average molecular weight is 279 g/mol. The summed E-state index contributed by atoms with van der Waals surface area (Å²) in [5.74, 6) is 0. The molecule has 2 N–H and O–H groups in total. The third-order valence-electron chi connectivity index (χ3n) is 2.48. The highest BCUT2D eigenvalue weighted by Crippen LogP contribution is 2.20. The average Bonchev–Trinajstić information content (AvgIpc) is 2.36. The molecule has 0 radical (unpaired) electrons. The van der Waals surface area contributed by atoms with Gasteiger partial charge in [0.1, 0.15) is 0 Å². The van der Waals surface area contributed by atoms with E-state index < -0.39 is 22.5 Å². The second-order valence-corrected chi connectivity index (χ2v) is 5.49. The topological polar surface area (TPSA) is 66.4 Å². The van der Waals surface area contributed by atoms with Crippen molar-refractivity contribution in [3.63, 3.8) is 0 Å². The van der Waals surface area contributed by atoms with E-state index in [4.69, 9.17) is 5.11 Å². The molecule has 0 amide bonds. The fourth-order valence-corrected chi connectivity index (χ4v) is 2.64. The Kier molecular flexibility index (Phi) is 5.18. The normalized spacial score (nSPS) is 13.8. The molecule has 0 saturated carbocycles. The van der Waals surface area contributed by atoms with Crippen LogP contribution in [0.4, 0.5) is 8.78 Å². The van der Waals surface area contributed by atoms with E-state index in [0.29, 0.717) is 6.42 Å². The van der Waals surface area contributed by atoms with Gasteiger partial charge >= 0.3 is 0 Å². The molecule has 0 heterocycles. The Labute approximate surface area is 105 Å². The van der Waals surface area contributed by atoms with Gasteiger partial charge in [-0.3, -0.25) is 0 Å². The largest absolute Gasteiger partial charge is 0.395 e. The molecular formula is C11H15F2NO3S. The molecule has 1 aromatic rings. The molecule has 0 aliphatic heterocycles. The summed E-state index contributed by atoms with van der Waals surface area (Å²) in [5.41, 5.74) is -0.233. The summed E-state index contributed by atoms with van der Waals surface area (Å²) in [5, 5.41) is 8.93. The summed E-state index contributed by atoms with van der Waals surface area (Å²) in [7, 11) is -3.78. The van der Waals surface area contributed by atoms with Crippen molar-refractivity contribution in [2.24, 2.45) is 0 Å². The van der Waals surface area contributed by atoms with Gasteiger partial charge in [-0.05, 0) is 18.6 Å². The first-order valence-electron chi connectivity index (χ1n) is 5.42. The number of alkyl halides is 2. The van der Waals surface area contributed by atoms with Crippen LogP contribution in [0.1, 0.15) is 25.3 Å². The Morgan fingerprint density at radius 1 is 1.28 bits per heavy atom. The minimum Gasteiger partial charge on any atom is -0.395 e. The summed E-state index contributed by atoms with van der Waals surface area (Å²) in [6, 6.07) is 3.80. The van der Waals surface area contributed by atoms with Crippen LogP contribution in [0.15, 0.2) is 29.2 Å². The Balaban J connectivity index is 2.91. The maximum atomic E-state index is 12.3. The van der Waals surface area contributed by atoms with Gasteiger partial charge in [0.15, 0.2) is 0 Å². The van der Waals surface area contributed by atoms with Crippen molar-refractivity contribution in [2.45, 2.75) is 30.7 Å². The second kappa shape index (κ2) is 6.21. The molecule has 0 saturated heterocycles. The molecule has 4 nitrogen and oxygen atoms in total. The zero-order valence-corrected chi connectivity index (χ0v) is 10.6. The molecule has 0 fully saturated rings. The van der Waals surface area contributed by atoms with E-state index in [1.807, 2.05) is 0 Å². The summed E-state index contributed by atoms with van der Waals surface area (Å²) in [6.07, 6.45) is -2.19. The van der Waals surface area contributed by atoms with Crippen molar-refractivity contribution in [1.82, 2.24) is 4.72 Å². The zero-order valence-electron chi connectivity index (χ0n) is 9.81. The van der Waals surface area contributed by atoms with Gasteiger partial charge in [-0.15, -0.1) is 0 Å². The third kappa shape index (κ3) is 3.72. The minimum absolute atomic E-state index is 0.0983. The Morgan fingerprint density at radius 2 is 1.83 bits per heavy atom. The van der Waals surface area contributed by atoms with Crippen LogP contribution in [0.25, 0.3) is 0 Å². The van der Waals surface area contributed by atoms with E-state index in [0.717, 1.165) is 24.3 Å². The summed E-state index contributed by atoms with van der Waals surface area (Å²) in [4.78, 5) is -0.0983. The molecule has 0 aliphatic carbocycles. The van der Waals surface area contributed by atoms with E-state index in [9.17, 15) is 17.2 Å². The van der Waals surface area contributed by atoms with Crippen molar-refractivity contribution in [1.29, 1.82) is 0 Å². The first-order chi connectivity index (χ1) is 8.40. The van der Waals surface area contributed by atoms with Gasteiger partial charge < -0.3 is 5.11 Å². The lowest BCUT2D eigenvalue weighted by Crippen LogP contribution is -2.36. The van der Waals surface area contributed by atoms with Crippen LogP contribution in [0.2, 0.25) is 0 Å². The van der Waals surface area contributed by atoms with Gasteiger partial charge in [-0.2, -0.15) is 0 Å². The Hall–Kier alpha value is -1.05. The van der Waals surface area contributed by atoms with Gasteiger partial charge in [-0.25, -0.2) is 21.9 Å². The molecule has 0 unspecified atom stereocenters. The molecular weight excluding hydrogens is 264 g/mol. The van der Waals surface area contributed by atoms with Crippen molar-refractivity contribution in [3.8, 4) is 0 Å². The number of rotatable bonds is 6. The highest BCUT2D eigenvalue weighted by molar-refractivity contribution is 7.89. The zero-order chi connectivity index (χ0) is 13.8. The maximum Gasteiger partial charge on any atom is 0.263 e. The van der Waals surface area contributed by atoms with Crippen molar-refractivity contribution >= 4 is 10.0 Å². The highest BCUT2D eigenvalue weighted by atomic mass is 32.2. The van der Waals surface area contributed by atoms with Gasteiger partial charge in [0.2, 0.25) is 10.0 Å². The fraction of sp³-hybridized carbons (Fsp3) is 0.455. The van der Waals surface area contributed by atoms with E-state index in [1.54, 1.807) is 6.92 Å². The smallest absolute Gasteiger partial charge is 0.263 e. The van der Waals surface area contributed by atoms with E-state index in [-0.39, 0.29) is 17.1 Å². The lowest BCUT2D eigenvalue weighted by Gasteiger charge is -2.14. The summed E-state index contributed by atoms with van der Waals surface area (Å²) < 4.78 is 50.6. The first-order valence-corrected chi connectivity index (χ1v) is 6.90. The predicted molar refractivity (Wildman–Crippen MR) is 62.9 cm³/mol. The number of aliphatic hydroxyl groups is 1. The molecule has 1 aromatic carbocycles. The molecule has 18 heavy (non-hydrogen) atoms. The van der Waals surface area contributed by atoms with Crippen LogP contribution < -0.4 is 4.72 Å². The Bertz CT molecular complexity index is 470. The van der Waals surface area contributed by atoms with E-state index >= 15 is 0 Å². The molecule has 102 valence electrons. The second-order valence-electron chi connectivity index (χ2n) is 3.78. The quantitative estimate of drug-likeness (QED) is 0.832. The molecule has 7 heteroatoms. The van der Waals surface area contributed by atoms with Crippen LogP contribution in [0.5, 0.6) is 0 Å². The highest BCUT2D eigenvalue weighted by Gasteiger charge is 2.19. The Morgan fingerprint density at radius 3 is 2.22 bits per heavy atom. The van der Waals surface area contributed by atoms with Crippen LogP contribution in [0, 0.1) is 0 Å². The van der Waals surface area contributed by atoms with Crippen LogP contribution >= 0.6 is 0 Å². The standard InChI is InChI=1S/C11H15F2NO3S/c1-2-9(7-15)14-18(16,17)10-5-3-8(4-6-10)11(12)13/h3-6,9,11,14-15H,2,7H2,1H3/t9-/m1/s1. The number of hydrogen-bond donors (Lipinski definition) is 2. The van der Waals surface area contributed by atoms with E-state index in [2.05, 4.69) is 4.72 Å². The van der Waals surface area contributed by atoms with Crippen LogP contribution in [-0.2, 0) is 10.0 Å². The lowest BCUT2D eigenvalue weighted by atomic mass is 10.2. The molecule has 0 aliphatic rings. The number of benzene rings is 1. The summed E-state index contributed by atoms with van der Waals surface area (Å²) >= 11 is 0. The van der Waals surface area contributed by atoms with Gasteiger partial charge in [0.25, 0.3) is 6.43 Å². The number of nitrogens with one attached hydrogen (secondary N) is 1. The maximum absolute atomic E-state index is 12.3. The van der Waals surface area contributed by atoms with Crippen molar-refractivity contribution < 1.29 is 22.3 Å². The molecule has 1 atom stereocenters. The van der Waals surface area contributed by atoms with Gasteiger partial charge in [0.05, 0.1) is 11.5 Å². The summed E-state index contributed by atoms with van der Waals surface area (Å²) in [6.45, 7) is 1.41. The number of aliphatic hydroxyl groups excluding tert-OH is 1. The number of sulfonamides is 1. The van der Waals surface area contributed by atoms with Crippen LogP contribution in [0.3, 0.4) is 0 Å². The van der Waals surface area contributed by atoms with Crippen LogP contribution in [-0.4, -0.2) is 26.2 Å². The molecule has 0 aromatic heterocycles. The van der Waals surface area contributed by atoms with Crippen molar-refractivity contribution in [2.75, 3.05) is 6.61 Å². The molecule has 0 spiro atoms. The van der Waals surface area contributed by atoms with Crippen molar-refractivity contribution in [3.05, 3.63) is 29.8 Å². The van der Waals surface area contributed by atoms with Gasteiger partial charge in [-0.1, -0.05) is 19.1 Å². The first kappa shape index (κ1) is 15.0. The molecule has 0 bridgehead atoms. The predicted octanol–water partition coefficient (Wildman–Crippen LogP) is 1.67. The monoisotopic (exact) mass is 279 g/mol. The molecule has 1 rings (SSSR count). The fourth-order valence-electron chi connectivity index (χ4n) is 1.33. The third-order valence-corrected chi connectivity index (χ3v) is 4.01. The number of hydrogen-bond acceptors (Lipinski definition) is 3. The minimum atomic E-state index is -3.78. The van der Waals surface area contributed by atoms with Gasteiger partial charge in [0, 0.05) is 11.6 Å². The SMILES string of the molecule is CC[C@H](CO)NS(=O)(=O)c1ccc(C(F)F)cc1.